The van der Waals surface area contributed by atoms with Crippen molar-refractivity contribution >= 4 is 43.6 Å². The van der Waals surface area contributed by atoms with Gasteiger partial charge in [0.05, 0.1) is 39.1 Å². The summed E-state index contributed by atoms with van der Waals surface area (Å²) >= 11 is 0. The summed E-state index contributed by atoms with van der Waals surface area (Å²) in [5.74, 6) is 0.693. The SMILES string of the molecule is Cc1cc(C)cc(-c2ccc3c(c2)c2ccccc2n3-c2ccc(-c3cc(-c4ccccc4)nc(-c4ccccc4)n3)cc2-c2cccc(-n3c4ccccc4c4ccccc43)c2)c1. The molecular weight excluding hydrogens is 777 g/mol. The standard InChI is InChI=1S/C60H42N4/c1-39-32-40(2)34-46(33-39)43-28-30-59-52(36-43)50-24-11-14-27-57(50)64(59)58-31-29-45(54-38-53(41-16-5-3-6-17-41)61-60(62-54)42-18-7-4-8-19-42)37-51(58)44-20-15-21-47(35-44)63-55-25-12-9-22-48(55)49-23-10-13-26-56(49)63/h3-38H,1-2H3. The van der Waals surface area contributed by atoms with Crippen molar-refractivity contribution in [1.82, 2.24) is 19.1 Å². The largest absolute Gasteiger partial charge is 0.309 e. The van der Waals surface area contributed by atoms with E-state index < -0.39 is 0 Å². The molecule has 0 amide bonds. The molecule has 12 rings (SSSR count). The van der Waals surface area contributed by atoms with E-state index in [-0.39, 0.29) is 0 Å². The minimum absolute atomic E-state index is 0.693. The van der Waals surface area contributed by atoms with Crippen molar-refractivity contribution in [1.29, 1.82) is 0 Å². The number of rotatable bonds is 7. The van der Waals surface area contributed by atoms with Crippen LogP contribution in [0.2, 0.25) is 0 Å². The van der Waals surface area contributed by atoms with Crippen molar-refractivity contribution in [2.24, 2.45) is 0 Å². The zero-order chi connectivity index (χ0) is 42.7. The summed E-state index contributed by atoms with van der Waals surface area (Å²) in [4.78, 5) is 10.4. The van der Waals surface area contributed by atoms with Gasteiger partial charge in [-0.05, 0) is 91.2 Å². The molecule has 4 heteroatoms. The van der Waals surface area contributed by atoms with Crippen LogP contribution in [0.3, 0.4) is 0 Å². The molecule has 302 valence electrons. The molecule has 0 aliphatic heterocycles. The van der Waals surface area contributed by atoms with Crippen LogP contribution in [0.5, 0.6) is 0 Å². The fourth-order valence-electron chi connectivity index (χ4n) is 9.76. The smallest absolute Gasteiger partial charge is 0.160 e. The van der Waals surface area contributed by atoms with Crippen LogP contribution in [-0.4, -0.2) is 19.1 Å². The topological polar surface area (TPSA) is 35.6 Å². The van der Waals surface area contributed by atoms with E-state index in [1.807, 2.05) is 24.3 Å². The zero-order valence-electron chi connectivity index (χ0n) is 35.6. The molecule has 0 spiro atoms. The van der Waals surface area contributed by atoms with Crippen molar-refractivity contribution in [3.63, 3.8) is 0 Å². The highest BCUT2D eigenvalue weighted by molar-refractivity contribution is 6.11. The van der Waals surface area contributed by atoms with Crippen LogP contribution in [0.1, 0.15) is 11.1 Å². The molecular formula is C60H42N4. The molecule has 0 radical (unpaired) electrons. The van der Waals surface area contributed by atoms with E-state index >= 15 is 0 Å². The lowest BCUT2D eigenvalue weighted by Crippen LogP contribution is -2.00. The molecule has 3 heterocycles. The fraction of sp³-hybridized carbons (Fsp3) is 0.0333. The number of fused-ring (bicyclic) bond motifs is 6. The van der Waals surface area contributed by atoms with Crippen molar-refractivity contribution in [3.05, 3.63) is 230 Å². The predicted octanol–water partition coefficient (Wildman–Crippen LogP) is 15.6. The van der Waals surface area contributed by atoms with Gasteiger partial charge >= 0.3 is 0 Å². The number of nitrogens with zero attached hydrogens (tertiary/aromatic N) is 4. The van der Waals surface area contributed by atoms with Gasteiger partial charge in [0, 0.05) is 49.5 Å². The molecule has 0 saturated heterocycles. The van der Waals surface area contributed by atoms with Crippen LogP contribution in [0, 0.1) is 13.8 Å². The van der Waals surface area contributed by atoms with Gasteiger partial charge in [0.1, 0.15) is 0 Å². The first-order valence-corrected chi connectivity index (χ1v) is 21.9. The first kappa shape index (κ1) is 37.4. The Morgan fingerprint density at radius 1 is 0.312 bits per heavy atom. The summed E-state index contributed by atoms with van der Waals surface area (Å²) in [6.07, 6.45) is 0. The third-order valence-electron chi connectivity index (χ3n) is 12.6. The van der Waals surface area contributed by atoms with Gasteiger partial charge in [0.25, 0.3) is 0 Å². The van der Waals surface area contributed by atoms with Gasteiger partial charge in [-0.15, -0.1) is 0 Å². The normalized spacial score (nSPS) is 11.6. The minimum atomic E-state index is 0.693. The van der Waals surface area contributed by atoms with Gasteiger partial charge in [-0.1, -0.05) is 169 Å². The first-order chi connectivity index (χ1) is 31.5. The number of benzene rings is 9. The average Bonchev–Trinajstić information content (AvgIpc) is 3.86. The van der Waals surface area contributed by atoms with Crippen LogP contribution >= 0.6 is 0 Å². The maximum Gasteiger partial charge on any atom is 0.160 e. The molecule has 0 aliphatic carbocycles. The quantitative estimate of drug-likeness (QED) is 0.161. The van der Waals surface area contributed by atoms with E-state index in [0.29, 0.717) is 5.82 Å². The highest BCUT2D eigenvalue weighted by Crippen LogP contribution is 2.41. The van der Waals surface area contributed by atoms with Gasteiger partial charge in [-0.2, -0.15) is 0 Å². The molecule has 0 bridgehead atoms. The van der Waals surface area contributed by atoms with Gasteiger partial charge < -0.3 is 9.13 Å². The number of aryl methyl sites for hydroxylation is 2. The molecule has 0 aliphatic rings. The Morgan fingerprint density at radius 3 is 1.52 bits per heavy atom. The van der Waals surface area contributed by atoms with Gasteiger partial charge in [-0.25, -0.2) is 9.97 Å². The number of para-hydroxylation sites is 3. The van der Waals surface area contributed by atoms with E-state index in [2.05, 4.69) is 217 Å². The maximum atomic E-state index is 5.28. The third-order valence-corrected chi connectivity index (χ3v) is 12.6. The lowest BCUT2D eigenvalue weighted by Gasteiger charge is -2.18. The van der Waals surface area contributed by atoms with Crippen LogP contribution in [0.25, 0.3) is 111 Å². The van der Waals surface area contributed by atoms with E-state index in [1.54, 1.807) is 0 Å². The first-order valence-electron chi connectivity index (χ1n) is 21.9. The lowest BCUT2D eigenvalue weighted by molar-refractivity contribution is 1.16. The Kier molecular flexibility index (Phi) is 8.91. The summed E-state index contributed by atoms with van der Waals surface area (Å²) in [5, 5.41) is 4.92. The molecule has 0 fully saturated rings. The molecule has 9 aromatic carbocycles. The summed E-state index contributed by atoms with van der Waals surface area (Å²) in [6, 6.07) is 78.6. The average molecular weight is 819 g/mol. The monoisotopic (exact) mass is 818 g/mol. The zero-order valence-corrected chi connectivity index (χ0v) is 35.6. The van der Waals surface area contributed by atoms with Crippen LogP contribution in [0.4, 0.5) is 0 Å². The Labute approximate surface area is 372 Å². The number of hydrogen-bond acceptors (Lipinski definition) is 2. The molecule has 0 saturated carbocycles. The lowest BCUT2D eigenvalue weighted by atomic mass is 9.97. The molecule has 3 aromatic heterocycles. The Bertz CT molecular complexity index is 3610. The fourth-order valence-corrected chi connectivity index (χ4v) is 9.76. The highest BCUT2D eigenvalue weighted by Gasteiger charge is 2.20. The molecule has 12 aromatic rings. The Hall–Kier alpha value is -8.34. The molecule has 64 heavy (non-hydrogen) atoms. The Morgan fingerprint density at radius 2 is 0.844 bits per heavy atom. The molecule has 0 N–H and O–H groups in total. The molecule has 0 unspecified atom stereocenters. The summed E-state index contributed by atoms with van der Waals surface area (Å²) in [5.41, 5.74) is 18.8. The second-order valence-corrected chi connectivity index (χ2v) is 16.8. The van der Waals surface area contributed by atoms with Crippen LogP contribution in [-0.2, 0) is 0 Å². The third kappa shape index (κ3) is 6.39. The minimum Gasteiger partial charge on any atom is -0.309 e. The van der Waals surface area contributed by atoms with Gasteiger partial charge in [0.2, 0.25) is 0 Å². The van der Waals surface area contributed by atoms with Crippen LogP contribution in [0.15, 0.2) is 218 Å². The summed E-state index contributed by atoms with van der Waals surface area (Å²) < 4.78 is 4.85. The molecule has 4 nitrogen and oxygen atoms in total. The van der Waals surface area contributed by atoms with Gasteiger partial charge in [0.15, 0.2) is 5.82 Å². The van der Waals surface area contributed by atoms with Gasteiger partial charge in [-0.3, -0.25) is 0 Å². The second kappa shape index (κ2) is 15.2. The number of hydrogen-bond donors (Lipinski definition) is 0. The molecule has 0 atom stereocenters. The second-order valence-electron chi connectivity index (χ2n) is 16.8. The number of aromatic nitrogens is 4. The highest BCUT2D eigenvalue weighted by atomic mass is 15.0. The summed E-state index contributed by atoms with van der Waals surface area (Å²) in [7, 11) is 0. The predicted molar refractivity (Wildman–Crippen MR) is 267 cm³/mol. The van der Waals surface area contributed by atoms with Crippen molar-refractivity contribution < 1.29 is 0 Å². The van der Waals surface area contributed by atoms with Crippen molar-refractivity contribution in [3.8, 4) is 67.5 Å². The van der Waals surface area contributed by atoms with E-state index in [0.717, 1.165) is 61.6 Å². The summed E-state index contributed by atoms with van der Waals surface area (Å²) in [6.45, 7) is 4.35. The van der Waals surface area contributed by atoms with E-state index in [4.69, 9.17) is 9.97 Å². The van der Waals surface area contributed by atoms with Crippen molar-refractivity contribution in [2.45, 2.75) is 13.8 Å². The van der Waals surface area contributed by atoms with Crippen LogP contribution < -0.4 is 0 Å². The van der Waals surface area contributed by atoms with E-state index in [9.17, 15) is 0 Å². The maximum absolute atomic E-state index is 5.28. The van der Waals surface area contributed by atoms with Crippen molar-refractivity contribution in [2.75, 3.05) is 0 Å². The Balaban J connectivity index is 1.11. The van der Waals surface area contributed by atoms with E-state index in [1.165, 1.54) is 54.8 Å².